The smallest absolute Gasteiger partial charge is 0.119 e. The van der Waals surface area contributed by atoms with E-state index in [1.807, 2.05) is 6.92 Å². The van der Waals surface area contributed by atoms with Crippen molar-refractivity contribution in [3.8, 4) is 0 Å². The largest absolute Gasteiger partial charge is 0.303 e. The maximum Gasteiger partial charge on any atom is 0.119 e. The fourth-order valence-electron chi connectivity index (χ4n) is 0. The van der Waals surface area contributed by atoms with Gasteiger partial charge in [0, 0.05) is 6.42 Å². The summed E-state index contributed by atoms with van der Waals surface area (Å²) < 4.78 is 0. The van der Waals surface area contributed by atoms with Gasteiger partial charge in [-0.15, -0.1) is 12.4 Å². The molecule has 0 saturated heterocycles. The van der Waals surface area contributed by atoms with Gasteiger partial charge in [0.15, 0.2) is 0 Å². The molecule has 0 spiro atoms. The Morgan fingerprint density at radius 2 is 2.00 bits per heavy atom. The molecule has 0 fully saturated rings. The Morgan fingerprint density at radius 3 is 2.00 bits per heavy atom. The summed E-state index contributed by atoms with van der Waals surface area (Å²) in [5.41, 5.74) is 0. The highest BCUT2D eigenvalue weighted by atomic mass is 35.5. The molecule has 32 valence electrons. The molecule has 0 aromatic rings. The average molecular weight is 94.5 g/mol. The summed E-state index contributed by atoms with van der Waals surface area (Å²) in [4.78, 5) is 9.17. The van der Waals surface area contributed by atoms with Gasteiger partial charge in [-0.3, -0.25) is 0 Å². The fourth-order valence-corrected chi connectivity index (χ4v) is 0. The summed E-state index contributed by atoms with van der Waals surface area (Å²) in [5, 5.41) is 0. The van der Waals surface area contributed by atoms with E-state index in [0.717, 1.165) is 6.29 Å². The van der Waals surface area contributed by atoms with E-state index in [0.29, 0.717) is 6.42 Å². The van der Waals surface area contributed by atoms with Crippen molar-refractivity contribution < 1.29 is 4.79 Å². The van der Waals surface area contributed by atoms with Gasteiger partial charge in [0.2, 0.25) is 0 Å². The maximum atomic E-state index is 9.17. The number of carbonyl (C=O) groups excluding carboxylic acids is 1. The molecule has 0 rings (SSSR count). The van der Waals surface area contributed by atoms with E-state index >= 15 is 0 Å². The number of hydrogen-bond acceptors (Lipinski definition) is 1. The minimum absolute atomic E-state index is 0. The van der Waals surface area contributed by atoms with Gasteiger partial charge in [0.25, 0.3) is 0 Å². The van der Waals surface area contributed by atoms with E-state index in [9.17, 15) is 4.79 Å². The summed E-state index contributed by atoms with van der Waals surface area (Å²) >= 11 is 0. The van der Waals surface area contributed by atoms with Crippen molar-refractivity contribution in [3.63, 3.8) is 0 Å². The molecule has 0 amide bonds. The first kappa shape index (κ1) is 8.88. The molecule has 0 radical (unpaired) electrons. The van der Waals surface area contributed by atoms with Crippen molar-refractivity contribution >= 4 is 18.7 Å². The summed E-state index contributed by atoms with van der Waals surface area (Å²) in [6.07, 6.45) is 1.51. The van der Waals surface area contributed by atoms with Gasteiger partial charge in [0.05, 0.1) is 0 Å². The second-order valence-electron chi connectivity index (χ2n) is 0.575. The molecule has 0 aromatic heterocycles. The van der Waals surface area contributed by atoms with Gasteiger partial charge in [-0.25, -0.2) is 0 Å². The fraction of sp³-hybridized carbons (Fsp3) is 0.667. The van der Waals surface area contributed by atoms with E-state index in [1.165, 1.54) is 0 Å². The third kappa shape index (κ3) is 16.5. The lowest BCUT2D eigenvalue weighted by molar-refractivity contribution is -0.107. The highest BCUT2D eigenvalue weighted by Crippen LogP contribution is 1.53. The number of carbonyl (C=O) groups is 1. The summed E-state index contributed by atoms with van der Waals surface area (Å²) in [6, 6.07) is 0. The van der Waals surface area contributed by atoms with E-state index in [-0.39, 0.29) is 12.4 Å². The average Bonchev–Trinajstić information content (AvgIpc) is 1.37. The van der Waals surface area contributed by atoms with E-state index in [2.05, 4.69) is 0 Å². The van der Waals surface area contributed by atoms with Crippen LogP contribution in [0.25, 0.3) is 0 Å². The third-order valence-corrected chi connectivity index (χ3v) is 0.167. The summed E-state index contributed by atoms with van der Waals surface area (Å²) in [5.74, 6) is 0. The molecule has 0 bridgehead atoms. The van der Waals surface area contributed by atoms with Crippen LogP contribution in [0.4, 0.5) is 0 Å². The first-order valence-corrected chi connectivity index (χ1v) is 1.35. The van der Waals surface area contributed by atoms with Gasteiger partial charge in [0.1, 0.15) is 6.29 Å². The molecule has 0 unspecified atom stereocenters. The van der Waals surface area contributed by atoms with Crippen LogP contribution < -0.4 is 0 Å². The summed E-state index contributed by atoms with van der Waals surface area (Å²) in [6.45, 7) is 1.81. The second-order valence-corrected chi connectivity index (χ2v) is 0.575. The lowest BCUT2D eigenvalue weighted by atomic mass is 10.6. The van der Waals surface area contributed by atoms with Crippen LogP contribution >= 0.6 is 12.4 Å². The minimum Gasteiger partial charge on any atom is -0.303 e. The Balaban J connectivity index is 0. The van der Waals surface area contributed by atoms with Crippen molar-refractivity contribution in [3.05, 3.63) is 0 Å². The summed E-state index contributed by atoms with van der Waals surface area (Å²) in [7, 11) is 0. The van der Waals surface area contributed by atoms with E-state index < -0.39 is 0 Å². The van der Waals surface area contributed by atoms with Gasteiger partial charge < -0.3 is 4.79 Å². The molecule has 1 nitrogen and oxygen atoms in total. The molecular formula is C3H7ClO. The van der Waals surface area contributed by atoms with Crippen molar-refractivity contribution in [2.45, 2.75) is 13.3 Å². The zero-order valence-electron chi connectivity index (χ0n) is 3.10. The monoisotopic (exact) mass is 94.0 g/mol. The Hall–Kier alpha value is -0.0400. The molecule has 5 heavy (non-hydrogen) atoms. The van der Waals surface area contributed by atoms with Crippen molar-refractivity contribution in [1.29, 1.82) is 0 Å². The van der Waals surface area contributed by atoms with Crippen molar-refractivity contribution in [2.75, 3.05) is 0 Å². The highest BCUT2D eigenvalue weighted by molar-refractivity contribution is 5.85. The molecule has 0 heterocycles. The molecule has 0 aromatic carbocycles. The lowest BCUT2D eigenvalue weighted by Crippen LogP contribution is -1.55. The molecule has 0 aliphatic carbocycles. The van der Waals surface area contributed by atoms with Gasteiger partial charge in [-0.2, -0.15) is 0 Å². The molecule has 0 N–H and O–H groups in total. The van der Waals surface area contributed by atoms with Crippen LogP contribution in [0.3, 0.4) is 0 Å². The third-order valence-electron chi connectivity index (χ3n) is 0.167. The van der Waals surface area contributed by atoms with Gasteiger partial charge >= 0.3 is 0 Å². The first-order chi connectivity index (χ1) is 1.91. The van der Waals surface area contributed by atoms with Crippen LogP contribution in [0.5, 0.6) is 0 Å². The van der Waals surface area contributed by atoms with Crippen LogP contribution in [0.15, 0.2) is 0 Å². The quantitative estimate of drug-likeness (QED) is 0.444. The molecule has 0 aliphatic heterocycles. The first-order valence-electron chi connectivity index (χ1n) is 1.35. The number of aldehydes is 1. The van der Waals surface area contributed by atoms with Crippen molar-refractivity contribution in [1.82, 2.24) is 0 Å². The minimum atomic E-state index is 0. The van der Waals surface area contributed by atoms with Crippen LogP contribution in [-0.2, 0) is 4.79 Å². The Kier molecular flexibility index (Phi) is 16.0. The number of halogens is 1. The number of rotatable bonds is 1. The Bertz CT molecular complexity index is 20.9. The Labute approximate surface area is 37.8 Å². The topological polar surface area (TPSA) is 17.1 Å². The molecular weight excluding hydrogens is 87.5 g/mol. The van der Waals surface area contributed by atoms with Gasteiger partial charge in [-0.1, -0.05) is 6.92 Å². The second kappa shape index (κ2) is 9.03. The molecule has 0 aliphatic rings. The zero-order chi connectivity index (χ0) is 3.41. The van der Waals surface area contributed by atoms with E-state index in [4.69, 9.17) is 0 Å². The van der Waals surface area contributed by atoms with Crippen molar-refractivity contribution in [2.24, 2.45) is 0 Å². The van der Waals surface area contributed by atoms with Crippen LogP contribution in [-0.4, -0.2) is 6.29 Å². The maximum absolute atomic E-state index is 9.17. The highest BCUT2D eigenvalue weighted by Gasteiger charge is 1.52. The number of hydrogen-bond donors (Lipinski definition) is 0. The SMILES string of the molecule is CCC=O.Cl. The van der Waals surface area contributed by atoms with Crippen LogP contribution in [0, 0.1) is 0 Å². The normalized spacial score (nSPS) is 5.00. The molecule has 0 atom stereocenters. The zero-order valence-corrected chi connectivity index (χ0v) is 3.92. The Morgan fingerprint density at radius 1 is 1.80 bits per heavy atom. The van der Waals surface area contributed by atoms with Crippen LogP contribution in [0.2, 0.25) is 0 Å². The molecule has 0 saturated carbocycles. The van der Waals surface area contributed by atoms with E-state index in [1.54, 1.807) is 0 Å². The predicted octanol–water partition coefficient (Wildman–Crippen LogP) is 1.02. The van der Waals surface area contributed by atoms with Gasteiger partial charge in [-0.05, 0) is 0 Å². The lowest BCUT2D eigenvalue weighted by Gasteiger charge is -1.51. The standard InChI is InChI=1S/C3H6O.ClH/c1-2-3-4;/h3H,2H2,1H3;1H. The molecule has 2 heteroatoms. The predicted molar refractivity (Wildman–Crippen MR) is 23.6 cm³/mol. The van der Waals surface area contributed by atoms with Crippen LogP contribution in [0.1, 0.15) is 13.3 Å².